The second-order valence-corrected chi connectivity index (χ2v) is 3.50. The van der Waals surface area contributed by atoms with Crippen LogP contribution in [0.1, 0.15) is 25.3 Å². The van der Waals surface area contributed by atoms with Gasteiger partial charge in [0.15, 0.2) is 0 Å². The van der Waals surface area contributed by atoms with Crippen LogP contribution in [0, 0.1) is 5.82 Å². The van der Waals surface area contributed by atoms with Crippen molar-refractivity contribution in [2.75, 3.05) is 6.54 Å². The SMILES string of the molecule is CCCC(N)=NCCc1cccc(F)c1. The van der Waals surface area contributed by atoms with E-state index in [1.54, 1.807) is 6.07 Å². The Morgan fingerprint density at radius 3 is 2.93 bits per heavy atom. The summed E-state index contributed by atoms with van der Waals surface area (Å²) in [5.41, 5.74) is 6.62. The Kier molecular flexibility index (Phi) is 4.81. The Morgan fingerprint density at radius 2 is 2.27 bits per heavy atom. The fraction of sp³-hybridized carbons (Fsp3) is 0.417. The van der Waals surface area contributed by atoms with Crippen LogP contribution in [-0.4, -0.2) is 12.4 Å². The zero-order chi connectivity index (χ0) is 11.1. The molecule has 2 nitrogen and oxygen atoms in total. The molecule has 0 spiro atoms. The van der Waals surface area contributed by atoms with Crippen LogP contribution in [0.4, 0.5) is 4.39 Å². The molecule has 0 atom stereocenters. The minimum absolute atomic E-state index is 0.196. The maximum atomic E-state index is 12.8. The van der Waals surface area contributed by atoms with Crippen molar-refractivity contribution < 1.29 is 4.39 Å². The number of benzene rings is 1. The zero-order valence-corrected chi connectivity index (χ0v) is 9.04. The van der Waals surface area contributed by atoms with Gasteiger partial charge in [0.25, 0.3) is 0 Å². The van der Waals surface area contributed by atoms with Crippen LogP contribution in [0.5, 0.6) is 0 Å². The lowest BCUT2D eigenvalue weighted by Gasteiger charge is -2.00. The van der Waals surface area contributed by atoms with Gasteiger partial charge < -0.3 is 5.73 Å². The van der Waals surface area contributed by atoms with Crippen molar-refractivity contribution in [1.29, 1.82) is 0 Å². The molecule has 0 aliphatic heterocycles. The second-order valence-electron chi connectivity index (χ2n) is 3.50. The van der Waals surface area contributed by atoms with E-state index < -0.39 is 0 Å². The van der Waals surface area contributed by atoms with Crippen LogP contribution in [0.15, 0.2) is 29.3 Å². The first-order valence-corrected chi connectivity index (χ1v) is 5.25. The van der Waals surface area contributed by atoms with E-state index in [2.05, 4.69) is 11.9 Å². The molecule has 0 aliphatic rings. The molecule has 0 fully saturated rings. The van der Waals surface area contributed by atoms with Gasteiger partial charge in [-0.1, -0.05) is 19.1 Å². The number of halogens is 1. The van der Waals surface area contributed by atoms with E-state index in [0.717, 1.165) is 24.8 Å². The van der Waals surface area contributed by atoms with Crippen molar-refractivity contribution in [2.24, 2.45) is 10.7 Å². The molecule has 0 unspecified atom stereocenters. The van der Waals surface area contributed by atoms with Gasteiger partial charge in [-0.15, -0.1) is 0 Å². The number of amidine groups is 1. The van der Waals surface area contributed by atoms with Crippen LogP contribution in [0.3, 0.4) is 0 Å². The molecule has 0 aliphatic carbocycles. The predicted octanol–water partition coefficient (Wildman–Crippen LogP) is 2.53. The summed E-state index contributed by atoms with van der Waals surface area (Å²) in [4.78, 5) is 4.21. The summed E-state index contributed by atoms with van der Waals surface area (Å²) in [5, 5.41) is 0. The summed E-state index contributed by atoms with van der Waals surface area (Å²) in [5.74, 6) is 0.493. The molecule has 82 valence electrons. The molecule has 0 amide bonds. The summed E-state index contributed by atoms with van der Waals surface area (Å²) in [7, 11) is 0. The van der Waals surface area contributed by atoms with Crippen molar-refractivity contribution in [2.45, 2.75) is 26.2 Å². The lowest BCUT2D eigenvalue weighted by molar-refractivity contribution is 0.625. The molecule has 0 aromatic heterocycles. The third kappa shape index (κ3) is 4.58. The Labute approximate surface area is 90.0 Å². The van der Waals surface area contributed by atoms with Gasteiger partial charge in [0.2, 0.25) is 0 Å². The third-order valence-corrected chi connectivity index (χ3v) is 2.11. The Hall–Kier alpha value is -1.38. The number of nitrogens with zero attached hydrogens (tertiary/aromatic N) is 1. The van der Waals surface area contributed by atoms with E-state index in [1.807, 2.05) is 6.07 Å². The quantitative estimate of drug-likeness (QED) is 0.586. The summed E-state index contributed by atoms with van der Waals surface area (Å²) in [6.45, 7) is 2.70. The maximum Gasteiger partial charge on any atom is 0.123 e. The molecule has 1 aromatic carbocycles. The van der Waals surface area contributed by atoms with Crippen molar-refractivity contribution in [1.82, 2.24) is 0 Å². The summed E-state index contributed by atoms with van der Waals surface area (Å²) >= 11 is 0. The van der Waals surface area contributed by atoms with Gasteiger partial charge in [-0.3, -0.25) is 4.99 Å². The first-order valence-electron chi connectivity index (χ1n) is 5.25. The van der Waals surface area contributed by atoms with Gasteiger partial charge >= 0.3 is 0 Å². The number of aliphatic imine (C=N–C) groups is 1. The lowest BCUT2D eigenvalue weighted by atomic mass is 10.1. The first kappa shape index (κ1) is 11.7. The molecule has 3 heteroatoms. The number of rotatable bonds is 5. The van der Waals surface area contributed by atoms with Crippen LogP contribution < -0.4 is 5.73 Å². The van der Waals surface area contributed by atoms with E-state index in [4.69, 9.17) is 5.73 Å². The highest BCUT2D eigenvalue weighted by Crippen LogP contribution is 2.04. The minimum atomic E-state index is -0.196. The van der Waals surface area contributed by atoms with Crippen molar-refractivity contribution in [3.05, 3.63) is 35.6 Å². The lowest BCUT2D eigenvalue weighted by Crippen LogP contribution is -2.11. The Bertz CT molecular complexity index is 334. The van der Waals surface area contributed by atoms with Crippen molar-refractivity contribution >= 4 is 5.84 Å². The fourth-order valence-corrected chi connectivity index (χ4v) is 1.36. The minimum Gasteiger partial charge on any atom is -0.387 e. The van der Waals surface area contributed by atoms with Gasteiger partial charge in [0.1, 0.15) is 5.82 Å². The second kappa shape index (κ2) is 6.17. The normalized spacial score (nSPS) is 11.7. The Morgan fingerprint density at radius 1 is 1.47 bits per heavy atom. The number of hydrogen-bond acceptors (Lipinski definition) is 1. The van der Waals surface area contributed by atoms with Crippen molar-refractivity contribution in [3.63, 3.8) is 0 Å². The van der Waals surface area contributed by atoms with E-state index >= 15 is 0 Å². The largest absolute Gasteiger partial charge is 0.387 e. The molecule has 15 heavy (non-hydrogen) atoms. The Balaban J connectivity index is 2.40. The van der Waals surface area contributed by atoms with Crippen LogP contribution in [0.25, 0.3) is 0 Å². The number of hydrogen-bond donors (Lipinski definition) is 1. The van der Waals surface area contributed by atoms with Crippen LogP contribution >= 0.6 is 0 Å². The van der Waals surface area contributed by atoms with Crippen LogP contribution in [-0.2, 0) is 6.42 Å². The van der Waals surface area contributed by atoms with Gasteiger partial charge in [0, 0.05) is 13.0 Å². The van der Waals surface area contributed by atoms with Gasteiger partial charge in [0.05, 0.1) is 5.84 Å². The predicted molar refractivity (Wildman–Crippen MR) is 61.5 cm³/mol. The van der Waals surface area contributed by atoms with E-state index in [1.165, 1.54) is 12.1 Å². The highest BCUT2D eigenvalue weighted by Gasteiger charge is 1.95. The summed E-state index contributed by atoms with van der Waals surface area (Å²) < 4.78 is 12.8. The first-order chi connectivity index (χ1) is 7.22. The van der Waals surface area contributed by atoms with E-state index in [9.17, 15) is 4.39 Å². The monoisotopic (exact) mass is 208 g/mol. The van der Waals surface area contributed by atoms with E-state index in [-0.39, 0.29) is 5.82 Å². The third-order valence-electron chi connectivity index (χ3n) is 2.11. The summed E-state index contributed by atoms with van der Waals surface area (Å²) in [6.07, 6.45) is 2.58. The zero-order valence-electron chi connectivity index (χ0n) is 9.04. The molecular weight excluding hydrogens is 191 g/mol. The molecule has 0 saturated heterocycles. The highest BCUT2D eigenvalue weighted by atomic mass is 19.1. The molecule has 2 N–H and O–H groups in total. The van der Waals surface area contributed by atoms with Gasteiger partial charge in [-0.2, -0.15) is 0 Å². The topological polar surface area (TPSA) is 38.4 Å². The van der Waals surface area contributed by atoms with Crippen molar-refractivity contribution in [3.8, 4) is 0 Å². The average molecular weight is 208 g/mol. The number of nitrogens with two attached hydrogens (primary N) is 1. The molecule has 0 radical (unpaired) electrons. The van der Waals surface area contributed by atoms with Gasteiger partial charge in [-0.05, 0) is 30.5 Å². The summed E-state index contributed by atoms with van der Waals surface area (Å²) in [6, 6.07) is 6.59. The molecule has 0 heterocycles. The molecule has 1 rings (SSSR count). The average Bonchev–Trinajstić information content (AvgIpc) is 2.18. The van der Waals surface area contributed by atoms with E-state index in [0.29, 0.717) is 12.4 Å². The smallest absolute Gasteiger partial charge is 0.123 e. The highest BCUT2D eigenvalue weighted by molar-refractivity contribution is 5.80. The molecule has 1 aromatic rings. The fourth-order valence-electron chi connectivity index (χ4n) is 1.36. The van der Waals surface area contributed by atoms with Crippen LogP contribution in [0.2, 0.25) is 0 Å². The standard InChI is InChI=1S/C12H17FN2/c1-2-4-12(14)15-8-7-10-5-3-6-11(13)9-10/h3,5-6,9H,2,4,7-8H2,1H3,(H2,14,15). The molecule has 0 saturated carbocycles. The molecular formula is C12H17FN2. The molecule has 0 bridgehead atoms. The van der Waals surface area contributed by atoms with Gasteiger partial charge in [-0.25, -0.2) is 4.39 Å². The maximum absolute atomic E-state index is 12.8.